The van der Waals surface area contributed by atoms with Crippen LogP contribution >= 0.6 is 0 Å². The zero-order valence-corrected chi connectivity index (χ0v) is 9.16. The van der Waals surface area contributed by atoms with Gasteiger partial charge in [-0.3, -0.25) is 4.79 Å². The number of rotatable bonds is 1. The lowest BCUT2D eigenvalue weighted by atomic mass is 10.1. The van der Waals surface area contributed by atoms with Crippen LogP contribution in [0.2, 0.25) is 0 Å². The Labute approximate surface area is 94.5 Å². The fraction of sp³-hybridized carbons (Fsp3) is 0.333. The van der Waals surface area contributed by atoms with E-state index in [1.807, 2.05) is 19.1 Å². The number of carbonyl (C=O) groups excluding carboxylic acids is 1. The topological polar surface area (TPSA) is 56.1 Å². The van der Waals surface area contributed by atoms with E-state index in [1.54, 1.807) is 11.0 Å². The molecule has 0 unspecified atom stereocenters. The van der Waals surface area contributed by atoms with Gasteiger partial charge >= 0.3 is 0 Å². The molecule has 0 atom stereocenters. The Bertz CT molecular complexity index is 462. The minimum atomic E-state index is 0.0597. The summed E-state index contributed by atoms with van der Waals surface area (Å²) in [6, 6.07) is 7.61. The smallest absolute Gasteiger partial charge is 0.240 e. The average molecular weight is 215 g/mol. The summed E-state index contributed by atoms with van der Waals surface area (Å²) in [5, 5.41) is 12.0. The van der Waals surface area contributed by atoms with Crippen LogP contribution in [0.3, 0.4) is 0 Å². The highest BCUT2D eigenvalue weighted by atomic mass is 16.2. The Morgan fingerprint density at radius 2 is 2.31 bits per heavy atom. The number of nitrogens with zero attached hydrogens (tertiary/aromatic N) is 2. The second kappa shape index (κ2) is 4.33. The summed E-state index contributed by atoms with van der Waals surface area (Å²) in [6.07, 6.45) is 0. The average Bonchev–Trinajstić information content (AvgIpc) is 2.31. The number of nitrogens with one attached hydrogen (secondary N) is 1. The molecule has 1 N–H and O–H groups in total. The van der Waals surface area contributed by atoms with Crippen LogP contribution in [0.1, 0.15) is 11.1 Å². The number of nitriles is 1. The molecule has 1 aliphatic rings. The summed E-state index contributed by atoms with van der Waals surface area (Å²) in [6.45, 7) is 3.70. The molecule has 4 nitrogen and oxygen atoms in total. The largest absolute Gasteiger partial charge is 0.310 e. The summed E-state index contributed by atoms with van der Waals surface area (Å²) in [5.74, 6) is 0.0597. The van der Waals surface area contributed by atoms with E-state index in [1.165, 1.54) is 0 Å². The third kappa shape index (κ3) is 1.77. The van der Waals surface area contributed by atoms with Crippen LogP contribution in [0.15, 0.2) is 18.2 Å². The van der Waals surface area contributed by atoms with E-state index in [4.69, 9.17) is 5.26 Å². The SMILES string of the molecule is Cc1c(C#N)cccc1N1CCNCC1=O. The van der Waals surface area contributed by atoms with Crippen molar-refractivity contribution in [2.75, 3.05) is 24.5 Å². The molecule has 1 aliphatic heterocycles. The van der Waals surface area contributed by atoms with Crippen molar-refractivity contribution >= 4 is 11.6 Å². The number of hydrogen-bond donors (Lipinski definition) is 1. The number of anilines is 1. The number of benzene rings is 1. The highest BCUT2D eigenvalue weighted by Gasteiger charge is 2.21. The van der Waals surface area contributed by atoms with Gasteiger partial charge in [0.05, 0.1) is 18.2 Å². The minimum Gasteiger partial charge on any atom is -0.310 e. The zero-order valence-electron chi connectivity index (χ0n) is 9.16. The first-order chi connectivity index (χ1) is 7.74. The lowest BCUT2D eigenvalue weighted by Gasteiger charge is -2.28. The summed E-state index contributed by atoms with van der Waals surface area (Å²) in [4.78, 5) is 13.5. The van der Waals surface area contributed by atoms with Gasteiger partial charge in [0, 0.05) is 18.8 Å². The van der Waals surface area contributed by atoms with Gasteiger partial charge < -0.3 is 10.2 Å². The Kier molecular flexibility index (Phi) is 2.88. The Morgan fingerprint density at radius 1 is 1.50 bits per heavy atom. The summed E-state index contributed by atoms with van der Waals surface area (Å²) in [7, 11) is 0. The normalized spacial score (nSPS) is 16.0. The second-order valence-electron chi connectivity index (χ2n) is 3.78. The molecule has 82 valence electrons. The molecule has 1 amide bonds. The minimum absolute atomic E-state index is 0.0597. The molecule has 1 saturated heterocycles. The van der Waals surface area contributed by atoms with Gasteiger partial charge in [0.1, 0.15) is 0 Å². The monoisotopic (exact) mass is 215 g/mol. The second-order valence-corrected chi connectivity index (χ2v) is 3.78. The first kappa shape index (κ1) is 10.7. The molecule has 0 radical (unpaired) electrons. The molecule has 0 aliphatic carbocycles. The summed E-state index contributed by atoms with van der Waals surface area (Å²) >= 11 is 0. The maximum atomic E-state index is 11.7. The van der Waals surface area contributed by atoms with Crippen molar-refractivity contribution in [3.63, 3.8) is 0 Å². The standard InChI is InChI=1S/C12H13N3O/c1-9-10(7-13)3-2-4-11(9)15-6-5-14-8-12(15)16/h2-4,14H,5-6,8H2,1H3. The van der Waals surface area contributed by atoms with Gasteiger partial charge in [-0.25, -0.2) is 0 Å². The van der Waals surface area contributed by atoms with E-state index in [9.17, 15) is 4.79 Å². The lowest BCUT2D eigenvalue weighted by molar-refractivity contribution is -0.118. The van der Waals surface area contributed by atoms with E-state index in [0.717, 1.165) is 17.8 Å². The fourth-order valence-corrected chi connectivity index (χ4v) is 1.90. The number of piperazine rings is 1. The van der Waals surface area contributed by atoms with Gasteiger partial charge in [-0.15, -0.1) is 0 Å². The molecule has 0 bridgehead atoms. The van der Waals surface area contributed by atoms with Crippen molar-refractivity contribution in [1.29, 1.82) is 5.26 Å². The Balaban J connectivity index is 2.40. The zero-order chi connectivity index (χ0) is 11.5. The molecule has 1 aromatic rings. The van der Waals surface area contributed by atoms with Gasteiger partial charge in [0.25, 0.3) is 0 Å². The van der Waals surface area contributed by atoms with E-state index in [-0.39, 0.29) is 5.91 Å². The molecule has 16 heavy (non-hydrogen) atoms. The van der Waals surface area contributed by atoms with Crippen molar-refractivity contribution < 1.29 is 4.79 Å². The molecule has 0 saturated carbocycles. The van der Waals surface area contributed by atoms with Crippen LogP contribution in [0, 0.1) is 18.3 Å². The van der Waals surface area contributed by atoms with Crippen molar-refractivity contribution in [1.82, 2.24) is 5.32 Å². The van der Waals surface area contributed by atoms with E-state index < -0.39 is 0 Å². The van der Waals surface area contributed by atoms with E-state index in [0.29, 0.717) is 18.7 Å². The summed E-state index contributed by atoms with van der Waals surface area (Å²) in [5.41, 5.74) is 2.36. The quantitative estimate of drug-likeness (QED) is 0.754. The van der Waals surface area contributed by atoms with Gasteiger partial charge in [-0.1, -0.05) is 6.07 Å². The summed E-state index contributed by atoms with van der Waals surface area (Å²) < 4.78 is 0. The fourth-order valence-electron chi connectivity index (χ4n) is 1.90. The number of hydrogen-bond acceptors (Lipinski definition) is 3. The molecule has 0 aromatic heterocycles. The molecule has 1 aromatic carbocycles. The van der Waals surface area contributed by atoms with Crippen molar-refractivity contribution in [2.24, 2.45) is 0 Å². The maximum Gasteiger partial charge on any atom is 0.240 e. The van der Waals surface area contributed by atoms with Crippen molar-refractivity contribution in [3.8, 4) is 6.07 Å². The predicted octanol–water partition coefficient (Wildman–Crippen LogP) is 0.803. The Morgan fingerprint density at radius 3 is 3.00 bits per heavy atom. The maximum absolute atomic E-state index is 11.7. The molecule has 1 heterocycles. The van der Waals surface area contributed by atoms with Gasteiger partial charge in [0.2, 0.25) is 5.91 Å². The highest BCUT2D eigenvalue weighted by molar-refractivity contribution is 5.96. The predicted molar refractivity (Wildman–Crippen MR) is 61.1 cm³/mol. The first-order valence-electron chi connectivity index (χ1n) is 5.25. The van der Waals surface area contributed by atoms with Crippen LogP contribution in [0.25, 0.3) is 0 Å². The van der Waals surface area contributed by atoms with Gasteiger partial charge in [-0.2, -0.15) is 5.26 Å². The third-order valence-corrected chi connectivity index (χ3v) is 2.81. The van der Waals surface area contributed by atoms with Crippen LogP contribution in [0.5, 0.6) is 0 Å². The number of carbonyl (C=O) groups is 1. The van der Waals surface area contributed by atoms with Crippen LogP contribution in [-0.2, 0) is 4.79 Å². The van der Waals surface area contributed by atoms with Gasteiger partial charge in [0.15, 0.2) is 0 Å². The molecule has 2 rings (SSSR count). The molecule has 0 spiro atoms. The van der Waals surface area contributed by atoms with Crippen molar-refractivity contribution in [2.45, 2.75) is 6.92 Å². The molecule has 1 fully saturated rings. The molecule has 4 heteroatoms. The Hall–Kier alpha value is -1.86. The molecular weight excluding hydrogens is 202 g/mol. The number of amides is 1. The van der Waals surface area contributed by atoms with E-state index in [2.05, 4.69) is 11.4 Å². The van der Waals surface area contributed by atoms with E-state index >= 15 is 0 Å². The van der Waals surface area contributed by atoms with Crippen LogP contribution in [0.4, 0.5) is 5.69 Å². The molecular formula is C12H13N3O. The first-order valence-corrected chi connectivity index (χ1v) is 5.25. The van der Waals surface area contributed by atoms with Gasteiger partial charge in [-0.05, 0) is 24.6 Å². The van der Waals surface area contributed by atoms with Crippen molar-refractivity contribution in [3.05, 3.63) is 29.3 Å². The lowest BCUT2D eigenvalue weighted by Crippen LogP contribution is -2.48. The highest BCUT2D eigenvalue weighted by Crippen LogP contribution is 2.23. The van der Waals surface area contributed by atoms with Crippen LogP contribution < -0.4 is 10.2 Å². The van der Waals surface area contributed by atoms with Crippen LogP contribution in [-0.4, -0.2) is 25.5 Å². The third-order valence-electron chi connectivity index (χ3n) is 2.81.